The van der Waals surface area contributed by atoms with E-state index in [1.54, 1.807) is 0 Å². The fraction of sp³-hybridized carbons (Fsp3) is 0.0645. The van der Waals surface area contributed by atoms with Crippen molar-refractivity contribution >= 4 is 77.0 Å². The third-order valence-electron chi connectivity index (χ3n) is 14.2. The van der Waals surface area contributed by atoms with Gasteiger partial charge in [-0.15, -0.1) is 0 Å². The number of nitrogens with zero attached hydrogens (tertiary/aromatic N) is 3. The summed E-state index contributed by atoms with van der Waals surface area (Å²) >= 11 is 0. The monoisotopic (exact) mass is 858 g/mol. The molecule has 1 N–H and O–H groups in total. The fourth-order valence-electron chi connectivity index (χ4n) is 11.1. The molecule has 2 aliphatic rings. The number of benzene rings is 10. The Morgan fingerprint density at radius 3 is 2.01 bits per heavy atom. The molecular formula is C62H42N4O. The Bertz CT molecular complexity index is 4030. The first-order valence-corrected chi connectivity index (χ1v) is 23.3. The van der Waals surface area contributed by atoms with Crippen LogP contribution in [0, 0.1) is 0 Å². The molecule has 5 nitrogen and oxygen atoms in total. The van der Waals surface area contributed by atoms with Crippen LogP contribution in [-0.2, 0) is 6.42 Å². The van der Waals surface area contributed by atoms with E-state index >= 15 is 0 Å². The number of fused-ring (bicyclic) bond motifs is 11. The summed E-state index contributed by atoms with van der Waals surface area (Å²) in [6, 6.07) is 76.7. The maximum Gasteiger partial charge on any atom is 0.159 e. The molecule has 2 aromatic heterocycles. The number of aliphatic imine (C=N–C) groups is 2. The standard InChI is InChI=1S/C62H42N4O/c1-3-15-38(16-4-1)60-63-61(44-28-30-56-52(34-44)50-25-13-14-26-55(50)66(56)46-21-5-2-6-22-46)65-62(64-60)54-35-45(37-58-59(54)53-33-41-19-9-10-20-42(41)36-57(53)67-58)47-29-27-43-31-39-17-7-8-18-40(39)32-51(43)49-24-12-11-23-48(47)49/h1-26,28,30-37,47,60H,27,29H2,(H,63,64,65). The van der Waals surface area contributed by atoms with E-state index in [2.05, 4.69) is 222 Å². The van der Waals surface area contributed by atoms with Gasteiger partial charge in [0.25, 0.3) is 0 Å². The van der Waals surface area contributed by atoms with E-state index in [9.17, 15) is 0 Å². The van der Waals surface area contributed by atoms with Crippen molar-refractivity contribution in [2.24, 2.45) is 9.98 Å². The Morgan fingerprint density at radius 2 is 1.18 bits per heavy atom. The quantitative estimate of drug-likeness (QED) is 0.187. The zero-order chi connectivity index (χ0) is 44.0. The average Bonchev–Trinajstić information content (AvgIpc) is 3.87. The fourth-order valence-corrected chi connectivity index (χ4v) is 11.1. The van der Waals surface area contributed by atoms with Gasteiger partial charge >= 0.3 is 0 Å². The Kier molecular flexibility index (Phi) is 8.47. The lowest BCUT2D eigenvalue weighted by atomic mass is 9.84. The summed E-state index contributed by atoms with van der Waals surface area (Å²) in [5.41, 5.74) is 14.7. The topological polar surface area (TPSA) is 54.8 Å². The third-order valence-corrected chi connectivity index (χ3v) is 14.2. The van der Waals surface area contributed by atoms with Crippen molar-refractivity contribution in [3.05, 3.63) is 246 Å². The number of hydrogen-bond donors (Lipinski definition) is 1. The smallest absolute Gasteiger partial charge is 0.159 e. The number of hydrogen-bond acceptors (Lipinski definition) is 4. The molecule has 5 heteroatoms. The van der Waals surface area contributed by atoms with Crippen LogP contribution in [0.1, 0.15) is 51.9 Å². The number of aromatic nitrogens is 1. The van der Waals surface area contributed by atoms with Crippen molar-refractivity contribution in [2.75, 3.05) is 0 Å². The van der Waals surface area contributed by atoms with E-state index in [4.69, 9.17) is 14.4 Å². The second-order valence-corrected chi connectivity index (χ2v) is 18.1. The SMILES string of the molecule is c1ccc(C2N=C(c3ccc4c(c3)c3ccccc3n4-c3ccccc3)N=C(c3cc(C4CCc5cc6ccccc6cc5-c5ccccc54)cc4oc5cc6ccccc6cc5c34)N2)cc1. The lowest BCUT2D eigenvalue weighted by Gasteiger charge is -2.25. The highest BCUT2D eigenvalue weighted by atomic mass is 16.3. The molecule has 2 unspecified atom stereocenters. The number of furan rings is 1. The third kappa shape index (κ3) is 6.15. The summed E-state index contributed by atoms with van der Waals surface area (Å²) in [6.07, 6.45) is 1.52. The van der Waals surface area contributed by atoms with Gasteiger partial charge in [-0.1, -0.05) is 146 Å². The zero-order valence-corrected chi connectivity index (χ0v) is 36.5. The van der Waals surface area contributed by atoms with Crippen molar-refractivity contribution < 1.29 is 4.42 Å². The van der Waals surface area contributed by atoms with Gasteiger partial charge < -0.3 is 14.3 Å². The molecule has 1 aliphatic carbocycles. The van der Waals surface area contributed by atoms with Gasteiger partial charge in [-0.3, -0.25) is 0 Å². The molecule has 0 saturated carbocycles. The molecule has 0 bridgehead atoms. The first-order chi connectivity index (χ1) is 33.2. The summed E-state index contributed by atoms with van der Waals surface area (Å²) in [5, 5.41) is 13.2. The van der Waals surface area contributed by atoms with Crippen molar-refractivity contribution in [1.82, 2.24) is 9.88 Å². The predicted octanol–water partition coefficient (Wildman–Crippen LogP) is 15.2. The van der Waals surface area contributed by atoms with E-state index in [0.29, 0.717) is 5.84 Å². The molecule has 2 atom stereocenters. The number of rotatable bonds is 5. The summed E-state index contributed by atoms with van der Waals surface area (Å²) in [4.78, 5) is 11.0. The molecule has 67 heavy (non-hydrogen) atoms. The molecule has 10 aromatic carbocycles. The normalized spacial score (nSPS) is 15.9. The molecule has 12 aromatic rings. The van der Waals surface area contributed by atoms with Crippen LogP contribution in [0.3, 0.4) is 0 Å². The van der Waals surface area contributed by atoms with Crippen LogP contribution in [0.5, 0.6) is 0 Å². The largest absolute Gasteiger partial charge is 0.456 e. The highest BCUT2D eigenvalue weighted by molar-refractivity contribution is 6.23. The van der Waals surface area contributed by atoms with Crippen LogP contribution in [0.2, 0.25) is 0 Å². The molecule has 0 amide bonds. The average molecular weight is 859 g/mol. The molecule has 14 rings (SSSR count). The molecule has 316 valence electrons. The minimum absolute atomic E-state index is 0.105. The number of para-hydroxylation sites is 2. The molecule has 0 radical (unpaired) electrons. The lowest BCUT2D eigenvalue weighted by molar-refractivity contribution is 0.664. The van der Waals surface area contributed by atoms with E-state index in [1.165, 1.54) is 49.4 Å². The van der Waals surface area contributed by atoms with Gasteiger partial charge in [0.15, 0.2) is 5.84 Å². The maximum atomic E-state index is 6.99. The maximum absolute atomic E-state index is 6.99. The number of nitrogens with one attached hydrogen (secondary N) is 1. The molecular weight excluding hydrogens is 817 g/mol. The molecule has 0 spiro atoms. The van der Waals surface area contributed by atoms with Gasteiger partial charge in [-0.25, -0.2) is 9.98 Å². The highest BCUT2D eigenvalue weighted by Gasteiger charge is 2.29. The second-order valence-electron chi connectivity index (χ2n) is 18.1. The van der Waals surface area contributed by atoms with Crippen LogP contribution in [0.15, 0.2) is 227 Å². The Labute approximate surface area is 387 Å². The van der Waals surface area contributed by atoms with Crippen LogP contribution in [0.25, 0.3) is 82.1 Å². The van der Waals surface area contributed by atoms with Crippen molar-refractivity contribution in [3.63, 3.8) is 0 Å². The van der Waals surface area contributed by atoms with Gasteiger partial charge in [-0.2, -0.15) is 0 Å². The predicted molar refractivity (Wildman–Crippen MR) is 277 cm³/mol. The van der Waals surface area contributed by atoms with Crippen molar-refractivity contribution in [1.29, 1.82) is 0 Å². The van der Waals surface area contributed by atoms with Gasteiger partial charge in [-0.05, 0) is 134 Å². The van der Waals surface area contributed by atoms with Crippen LogP contribution < -0.4 is 5.32 Å². The molecule has 3 heterocycles. The first-order valence-electron chi connectivity index (χ1n) is 23.3. The Morgan fingerprint density at radius 1 is 0.493 bits per heavy atom. The van der Waals surface area contributed by atoms with E-state index in [0.717, 1.165) is 84.8 Å². The minimum Gasteiger partial charge on any atom is -0.456 e. The lowest BCUT2D eigenvalue weighted by Crippen LogP contribution is -2.33. The number of amidine groups is 2. The van der Waals surface area contributed by atoms with Crippen molar-refractivity contribution in [3.8, 4) is 16.8 Å². The summed E-state index contributed by atoms with van der Waals surface area (Å²) in [6.45, 7) is 0. The van der Waals surface area contributed by atoms with Gasteiger partial charge in [0, 0.05) is 44.3 Å². The second kappa shape index (κ2) is 15.0. The summed E-state index contributed by atoms with van der Waals surface area (Å²) in [5.74, 6) is 1.55. The first kappa shape index (κ1) is 37.8. The van der Waals surface area contributed by atoms with Gasteiger partial charge in [0.1, 0.15) is 23.2 Å². The minimum atomic E-state index is -0.384. The Balaban J connectivity index is 0.990. The van der Waals surface area contributed by atoms with Crippen LogP contribution in [-0.4, -0.2) is 16.2 Å². The summed E-state index contributed by atoms with van der Waals surface area (Å²) in [7, 11) is 0. The van der Waals surface area contributed by atoms with Crippen LogP contribution in [0.4, 0.5) is 0 Å². The van der Waals surface area contributed by atoms with Crippen molar-refractivity contribution in [2.45, 2.75) is 24.9 Å². The van der Waals surface area contributed by atoms with E-state index in [1.807, 2.05) is 0 Å². The van der Waals surface area contributed by atoms with Gasteiger partial charge in [0.2, 0.25) is 0 Å². The van der Waals surface area contributed by atoms with Crippen LogP contribution >= 0.6 is 0 Å². The zero-order valence-electron chi connectivity index (χ0n) is 36.5. The number of aryl methyl sites for hydroxylation is 1. The van der Waals surface area contributed by atoms with E-state index < -0.39 is 0 Å². The molecule has 0 saturated heterocycles. The van der Waals surface area contributed by atoms with Gasteiger partial charge in [0.05, 0.1) is 11.0 Å². The molecule has 1 aliphatic heterocycles. The highest BCUT2D eigenvalue weighted by Crippen LogP contribution is 2.45. The Hall–Kier alpha value is -8.54. The molecule has 0 fully saturated rings. The summed E-state index contributed by atoms with van der Waals surface area (Å²) < 4.78 is 9.34. The van der Waals surface area contributed by atoms with E-state index in [-0.39, 0.29) is 12.1 Å².